The van der Waals surface area contributed by atoms with Crippen LogP contribution in [0.2, 0.25) is 0 Å². The lowest BCUT2D eigenvalue weighted by Crippen LogP contribution is -2.55. The number of halogens is 1. The fourth-order valence-corrected chi connectivity index (χ4v) is 2.42. The molecule has 22 heavy (non-hydrogen) atoms. The number of aliphatic imine (C=N–C) groups is 1. The third kappa shape index (κ3) is 6.17. The molecular weight excluding hydrogens is 287 g/mol. The molecule has 1 aliphatic rings. The first-order valence-corrected chi connectivity index (χ1v) is 7.80. The lowest BCUT2D eigenvalue weighted by molar-refractivity contribution is 0.0486. The van der Waals surface area contributed by atoms with Crippen LogP contribution in [-0.2, 0) is 4.74 Å². The fraction of sp³-hybridized carbons (Fsp3) is 0.867. The highest BCUT2D eigenvalue weighted by Gasteiger charge is 2.32. The second-order valence-electron chi connectivity index (χ2n) is 6.78. The average Bonchev–Trinajstić information content (AvgIpc) is 2.33. The van der Waals surface area contributed by atoms with Gasteiger partial charge in [-0.05, 0) is 47.5 Å². The van der Waals surface area contributed by atoms with Gasteiger partial charge in [-0.3, -0.25) is 10.7 Å². The summed E-state index contributed by atoms with van der Waals surface area (Å²) in [6.45, 7) is 10.3. The minimum Gasteiger partial charge on any atom is -0.444 e. The summed E-state index contributed by atoms with van der Waals surface area (Å²) in [5.74, 6) is -1.66. The van der Waals surface area contributed by atoms with Gasteiger partial charge in [-0.2, -0.15) is 0 Å². The van der Waals surface area contributed by atoms with Crippen molar-refractivity contribution in [2.45, 2.75) is 64.9 Å². The van der Waals surface area contributed by atoms with Crippen molar-refractivity contribution in [2.75, 3.05) is 19.6 Å². The summed E-state index contributed by atoms with van der Waals surface area (Å²) in [7, 11) is 0. The first kappa shape index (κ1) is 18.7. The summed E-state index contributed by atoms with van der Waals surface area (Å²) in [6, 6.07) is 0.0256. The number of nitrogens with zero attached hydrogens (tertiary/aromatic N) is 2. The number of nitrogens with one attached hydrogen (secondary N) is 1. The second kappa shape index (κ2) is 7.26. The predicted molar refractivity (Wildman–Crippen MR) is 85.6 cm³/mol. The van der Waals surface area contributed by atoms with Gasteiger partial charge in [0.1, 0.15) is 5.60 Å². The van der Waals surface area contributed by atoms with E-state index in [1.54, 1.807) is 0 Å². The number of hydrogen-bond donors (Lipinski definition) is 2. The smallest absolute Gasteiger partial charge is 0.407 e. The molecule has 0 bridgehead atoms. The van der Waals surface area contributed by atoms with Gasteiger partial charge in [0, 0.05) is 25.7 Å². The average molecular weight is 316 g/mol. The van der Waals surface area contributed by atoms with Crippen LogP contribution in [0.4, 0.5) is 9.18 Å². The SMILES string of the molecule is CC/N=C(/N1CCC(NC(=O)OC(C)(C)C)CC1)C(C)(N)F. The zero-order valence-electron chi connectivity index (χ0n) is 14.3. The summed E-state index contributed by atoms with van der Waals surface area (Å²) in [4.78, 5) is 17.8. The Hall–Kier alpha value is -1.37. The van der Waals surface area contributed by atoms with Gasteiger partial charge in [0.05, 0.1) is 0 Å². The summed E-state index contributed by atoms with van der Waals surface area (Å²) in [5.41, 5.74) is 5.04. The number of piperidine rings is 1. The fourth-order valence-electron chi connectivity index (χ4n) is 2.42. The van der Waals surface area contributed by atoms with Crippen LogP contribution in [0.15, 0.2) is 4.99 Å². The summed E-state index contributed by atoms with van der Waals surface area (Å²) in [5, 5.41) is 2.85. The Labute approximate surface area is 132 Å². The molecule has 1 unspecified atom stereocenters. The van der Waals surface area contributed by atoms with Crippen molar-refractivity contribution in [1.82, 2.24) is 10.2 Å². The van der Waals surface area contributed by atoms with Crippen LogP contribution < -0.4 is 11.1 Å². The van der Waals surface area contributed by atoms with E-state index in [1.807, 2.05) is 32.6 Å². The molecule has 1 amide bonds. The Morgan fingerprint density at radius 1 is 1.36 bits per heavy atom. The lowest BCUT2D eigenvalue weighted by Gasteiger charge is -2.37. The van der Waals surface area contributed by atoms with Crippen molar-refractivity contribution in [3.63, 3.8) is 0 Å². The molecule has 0 aromatic rings. The zero-order valence-corrected chi connectivity index (χ0v) is 14.3. The Balaban J connectivity index is 2.53. The lowest BCUT2D eigenvalue weighted by atomic mass is 10.0. The third-order valence-electron chi connectivity index (χ3n) is 3.26. The molecule has 0 radical (unpaired) electrons. The first-order chi connectivity index (χ1) is 10.0. The first-order valence-electron chi connectivity index (χ1n) is 7.80. The third-order valence-corrected chi connectivity index (χ3v) is 3.26. The maximum Gasteiger partial charge on any atom is 0.407 e. The van der Waals surface area contributed by atoms with E-state index < -0.39 is 17.5 Å². The molecule has 3 N–H and O–H groups in total. The maximum atomic E-state index is 14.0. The van der Waals surface area contributed by atoms with Gasteiger partial charge < -0.3 is 15.0 Å². The molecular formula is C15H29FN4O2. The maximum absolute atomic E-state index is 14.0. The van der Waals surface area contributed by atoms with Crippen molar-refractivity contribution in [3.05, 3.63) is 0 Å². The molecule has 0 saturated carbocycles. The normalized spacial score (nSPS) is 20.5. The molecule has 128 valence electrons. The highest BCUT2D eigenvalue weighted by Crippen LogP contribution is 2.17. The van der Waals surface area contributed by atoms with E-state index in [4.69, 9.17) is 10.5 Å². The summed E-state index contributed by atoms with van der Waals surface area (Å²) < 4.78 is 19.3. The zero-order chi connectivity index (χ0) is 17.0. The van der Waals surface area contributed by atoms with Gasteiger partial charge in [-0.25, -0.2) is 9.18 Å². The Morgan fingerprint density at radius 3 is 2.32 bits per heavy atom. The van der Waals surface area contributed by atoms with Gasteiger partial charge >= 0.3 is 6.09 Å². The topological polar surface area (TPSA) is 80.0 Å². The van der Waals surface area contributed by atoms with Gasteiger partial charge in [0.15, 0.2) is 5.84 Å². The molecule has 1 rings (SSSR count). The van der Waals surface area contributed by atoms with Crippen molar-refractivity contribution < 1.29 is 13.9 Å². The van der Waals surface area contributed by atoms with Crippen molar-refractivity contribution in [1.29, 1.82) is 0 Å². The molecule has 1 heterocycles. The number of alkyl halides is 1. The Kier molecular flexibility index (Phi) is 6.17. The number of nitrogens with two attached hydrogens (primary N) is 1. The number of carbonyl (C=O) groups excluding carboxylic acids is 1. The van der Waals surface area contributed by atoms with E-state index in [1.165, 1.54) is 6.92 Å². The van der Waals surface area contributed by atoms with Crippen LogP contribution in [0.3, 0.4) is 0 Å². The molecule has 1 atom stereocenters. The number of ether oxygens (including phenoxy) is 1. The van der Waals surface area contributed by atoms with Crippen molar-refractivity contribution >= 4 is 11.9 Å². The minimum atomic E-state index is -1.94. The predicted octanol–water partition coefficient (Wildman–Crippen LogP) is 2.04. The van der Waals surface area contributed by atoms with Crippen LogP contribution in [-0.4, -0.2) is 53.9 Å². The highest BCUT2D eigenvalue weighted by atomic mass is 19.1. The van der Waals surface area contributed by atoms with Crippen LogP contribution in [0.5, 0.6) is 0 Å². The highest BCUT2D eigenvalue weighted by molar-refractivity contribution is 5.89. The summed E-state index contributed by atoms with van der Waals surface area (Å²) >= 11 is 0. The standard InChI is InChI=1S/C15H29FN4O2/c1-6-18-12(15(5,16)17)20-9-7-11(8-10-20)19-13(21)22-14(2,3)4/h11H,6-10,17H2,1-5H3,(H,19,21)/b18-12+. The molecule has 0 aromatic heterocycles. The quantitative estimate of drug-likeness (QED) is 0.474. The molecule has 1 aliphatic heterocycles. The second-order valence-corrected chi connectivity index (χ2v) is 6.78. The number of amides is 1. The van der Waals surface area contributed by atoms with Gasteiger partial charge in [0.2, 0.25) is 5.79 Å². The van der Waals surface area contributed by atoms with Gasteiger partial charge in [0.25, 0.3) is 0 Å². The number of amidine groups is 1. The molecule has 7 heteroatoms. The van der Waals surface area contributed by atoms with Crippen LogP contribution in [0.1, 0.15) is 47.5 Å². The summed E-state index contributed by atoms with van der Waals surface area (Å²) in [6.07, 6.45) is 0.999. The number of likely N-dealkylation sites (tertiary alicyclic amines) is 1. The van der Waals surface area contributed by atoms with Crippen LogP contribution >= 0.6 is 0 Å². The number of alkyl carbamates (subject to hydrolysis) is 1. The molecule has 0 aliphatic carbocycles. The van der Waals surface area contributed by atoms with E-state index in [2.05, 4.69) is 10.3 Å². The number of rotatable bonds is 3. The number of carbonyl (C=O) groups is 1. The monoisotopic (exact) mass is 316 g/mol. The van der Waals surface area contributed by atoms with Crippen LogP contribution in [0, 0.1) is 0 Å². The minimum absolute atomic E-state index is 0.0256. The van der Waals surface area contributed by atoms with E-state index in [0.29, 0.717) is 32.5 Å². The van der Waals surface area contributed by atoms with Crippen LogP contribution in [0.25, 0.3) is 0 Å². The van der Waals surface area contributed by atoms with Gasteiger partial charge in [-0.15, -0.1) is 0 Å². The van der Waals surface area contributed by atoms with E-state index >= 15 is 0 Å². The van der Waals surface area contributed by atoms with Crippen molar-refractivity contribution in [3.8, 4) is 0 Å². The molecule has 1 saturated heterocycles. The molecule has 6 nitrogen and oxygen atoms in total. The van der Waals surface area contributed by atoms with Gasteiger partial charge in [-0.1, -0.05) is 0 Å². The molecule has 1 fully saturated rings. The molecule has 0 spiro atoms. The van der Waals surface area contributed by atoms with Crippen molar-refractivity contribution in [2.24, 2.45) is 10.7 Å². The number of hydrogen-bond acceptors (Lipinski definition) is 4. The van der Waals surface area contributed by atoms with E-state index in [9.17, 15) is 9.18 Å². The Morgan fingerprint density at radius 2 is 1.91 bits per heavy atom. The van der Waals surface area contributed by atoms with E-state index in [-0.39, 0.29) is 11.9 Å². The molecule has 0 aromatic carbocycles. The largest absolute Gasteiger partial charge is 0.444 e. The Bertz CT molecular complexity index is 405. The van der Waals surface area contributed by atoms with E-state index in [0.717, 1.165) is 0 Å².